The van der Waals surface area contributed by atoms with Crippen LogP contribution in [0.3, 0.4) is 0 Å². The normalized spacial score (nSPS) is 18.1. The molecule has 1 aromatic carbocycles. The number of hydrogen-bond donors (Lipinski definition) is 2. The van der Waals surface area contributed by atoms with Gasteiger partial charge in [0.05, 0.1) is 11.3 Å². The number of nitrogens with zero attached hydrogens (tertiary/aromatic N) is 1. The first-order valence-electron chi connectivity index (χ1n) is 6.97. The summed E-state index contributed by atoms with van der Waals surface area (Å²) in [7, 11) is 0. The summed E-state index contributed by atoms with van der Waals surface area (Å²) >= 11 is 3.29. The standard InChI is InChI=1S/C15H19BrN2O3/c1-9(2)10-5-6-18(8-10)15(21)17-13-7-11(16)3-4-12(13)14(19)20/h3-4,7,9-10H,5-6,8H2,1-2H3,(H,17,21)(H,19,20). The Kier molecular flexibility index (Phi) is 4.88. The first kappa shape index (κ1) is 15.8. The van der Waals surface area contributed by atoms with Crippen LogP contribution in [0.15, 0.2) is 22.7 Å². The summed E-state index contributed by atoms with van der Waals surface area (Å²) in [5, 5.41) is 11.9. The largest absolute Gasteiger partial charge is 0.478 e. The summed E-state index contributed by atoms with van der Waals surface area (Å²) in [6.45, 7) is 5.75. The fourth-order valence-corrected chi connectivity index (χ4v) is 2.88. The highest BCUT2D eigenvalue weighted by atomic mass is 79.9. The quantitative estimate of drug-likeness (QED) is 0.869. The number of carboxylic acids is 1. The van der Waals surface area contributed by atoms with Crippen molar-refractivity contribution in [1.29, 1.82) is 0 Å². The first-order chi connectivity index (χ1) is 9.88. The topological polar surface area (TPSA) is 69.6 Å². The van der Waals surface area contributed by atoms with Crippen LogP contribution in [0.1, 0.15) is 30.6 Å². The average molecular weight is 355 g/mol. The van der Waals surface area contributed by atoms with Gasteiger partial charge < -0.3 is 15.3 Å². The highest BCUT2D eigenvalue weighted by Gasteiger charge is 2.28. The second kappa shape index (κ2) is 6.47. The van der Waals surface area contributed by atoms with E-state index in [4.69, 9.17) is 5.11 Å². The van der Waals surface area contributed by atoms with Crippen LogP contribution in [-0.2, 0) is 0 Å². The molecule has 5 nitrogen and oxygen atoms in total. The van der Waals surface area contributed by atoms with E-state index in [0.29, 0.717) is 24.1 Å². The molecule has 114 valence electrons. The zero-order valence-corrected chi connectivity index (χ0v) is 13.7. The molecule has 1 unspecified atom stereocenters. The van der Waals surface area contributed by atoms with Crippen molar-refractivity contribution in [2.75, 3.05) is 18.4 Å². The van der Waals surface area contributed by atoms with Gasteiger partial charge in [-0.1, -0.05) is 29.8 Å². The van der Waals surface area contributed by atoms with Crippen molar-refractivity contribution in [3.8, 4) is 0 Å². The molecule has 0 spiro atoms. The van der Waals surface area contributed by atoms with E-state index < -0.39 is 5.97 Å². The van der Waals surface area contributed by atoms with Crippen molar-refractivity contribution in [2.24, 2.45) is 11.8 Å². The number of amides is 2. The predicted molar refractivity (Wildman–Crippen MR) is 84.6 cm³/mol. The lowest BCUT2D eigenvalue weighted by Crippen LogP contribution is -2.33. The smallest absolute Gasteiger partial charge is 0.337 e. The van der Waals surface area contributed by atoms with Crippen LogP contribution in [0.4, 0.5) is 10.5 Å². The summed E-state index contributed by atoms with van der Waals surface area (Å²) in [4.78, 5) is 25.2. The van der Waals surface area contributed by atoms with Gasteiger partial charge in [-0.25, -0.2) is 9.59 Å². The molecule has 6 heteroatoms. The van der Waals surface area contributed by atoms with Gasteiger partial charge in [0.1, 0.15) is 0 Å². The van der Waals surface area contributed by atoms with Gasteiger partial charge in [0.15, 0.2) is 0 Å². The van der Waals surface area contributed by atoms with E-state index in [0.717, 1.165) is 17.4 Å². The zero-order valence-electron chi connectivity index (χ0n) is 12.1. The van der Waals surface area contributed by atoms with Gasteiger partial charge in [0.2, 0.25) is 0 Å². The second-order valence-electron chi connectivity index (χ2n) is 5.66. The molecule has 1 aromatic rings. The Morgan fingerprint density at radius 3 is 2.71 bits per heavy atom. The number of likely N-dealkylation sites (tertiary alicyclic amines) is 1. The molecule has 2 amide bonds. The summed E-state index contributed by atoms with van der Waals surface area (Å²) < 4.78 is 0.726. The Balaban J connectivity index is 2.10. The Hall–Kier alpha value is -1.56. The van der Waals surface area contributed by atoms with Gasteiger partial charge in [-0.05, 0) is 36.5 Å². The molecule has 0 saturated carbocycles. The fraction of sp³-hybridized carbons (Fsp3) is 0.467. The lowest BCUT2D eigenvalue weighted by molar-refractivity contribution is 0.0698. The molecule has 1 aliphatic rings. The van der Waals surface area contributed by atoms with E-state index in [1.165, 1.54) is 6.07 Å². The number of aromatic carboxylic acids is 1. The number of hydrogen-bond acceptors (Lipinski definition) is 2. The van der Waals surface area contributed by atoms with E-state index >= 15 is 0 Å². The van der Waals surface area contributed by atoms with Gasteiger partial charge >= 0.3 is 12.0 Å². The molecule has 0 aromatic heterocycles. The molecular weight excluding hydrogens is 336 g/mol. The molecule has 2 rings (SSSR count). The molecule has 1 atom stereocenters. The number of anilines is 1. The molecule has 1 heterocycles. The van der Waals surface area contributed by atoms with E-state index in [2.05, 4.69) is 35.1 Å². The van der Waals surface area contributed by atoms with E-state index in [9.17, 15) is 9.59 Å². The highest BCUT2D eigenvalue weighted by Crippen LogP contribution is 2.26. The third-order valence-corrected chi connectivity index (χ3v) is 4.40. The molecular formula is C15H19BrN2O3. The fourth-order valence-electron chi connectivity index (χ4n) is 2.52. The maximum Gasteiger partial charge on any atom is 0.337 e. The van der Waals surface area contributed by atoms with Gasteiger partial charge in [-0.2, -0.15) is 0 Å². The number of carboxylic acid groups (broad SMARTS) is 1. The van der Waals surface area contributed by atoms with Crippen molar-refractivity contribution in [3.05, 3.63) is 28.2 Å². The molecule has 1 saturated heterocycles. The molecule has 2 N–H and O–H groups in total. The Morgan fingerprint density at radius 2 is 2.14 bits per heavy atom. The summed E-state index contributed by atoms with van der Waals surface area (Å²) in [6.07, 6.45) is 0.995. The minimum atomic E-state index is -1.06. The van der Waals surface area contributed by atoms with E-state index in [1.54, 1.807) is 17.0 Å². The Morgan fingerprint density at radius 1 is 1.43 bits per heavy atom. The molecule has 1 fully saturated rings. The van der Waals surface area contributed by atoms with E-state index in [1.807, 2.05) is 0 Å². The average Bonchev–Trinajstić information content (AvgIpc) is 2.88. The van der Waals surface area contributed by atoms with Crippen LogP contribution in [0.5, 0.6) is 0 Å². The molecule has 0 radical (unpaired) electrons. The number of carbonyl (C=O) groups is 2. The van der Waals surface area contributed by atoms with Crippen LogP contribution < -0.4 is 5.32 Å². The molecule has 0 bridgehead atoms. The summed E-state index contributed by atoms with van der Waals surface area (Å²) in [6, 6.07) is 4.49. The first-order valence-corrected chi connectivity index (χ1v) is 7.76. The van der Waals surface area contributed by atoms with Crippen LogP contribution in [-0.4, -0.2) is 35.1 Å². The highest BCUT2D eigenvalue weighted by molar-refractivity contribution is 9.10. The maximum atomic E-state index is 12.3. The van der Waals surface area contributed by atoms with E-state index in [-0.39, 0.29) is 11.6 Å². The number of carbonyl (C=O) groups excluding carboxylic acids is 1. The van der Waals surface area contributed by atoms with Gasteiger partial charge in [0.25, 0.3) is 0 Å². The monoisotopic (exact) mass is 354 g/mol. The maximum absolute atomic E-state index is 12.3. The zero-order chi connectivity index (χ0) is 15.6. The van der Waals surface area contributed by atoms with Gasteiger partial charge in [-0.15, -0.1) is 0 Å². The Labute approximate surface area is 132 Å². The number of nitrogens with one attached hydrogen (secondary N) is 1. The summed E-state index contributed by atoms with van der Waals surface area (Å²) in [5.74, 6) is -0.000247. The third-order valence-electron chi connectivity index (χ3n) is 3.91. The van der Waals surface area contributed by atoms with Crippen molar-refractivity contribution in [2.45, 2.75) is 20.3 Å². The van der Waals surface area contributed by atoms with Crippen molar-refractivity contribution in [3.63, 3.8) is 0 Å². The number of halogens is 1. The van der Waals surface area contributed by atoms with Gasteiger partial charge in [-0.3, -0.25) is 0 Å². The summed E-state index contributed by atoms with van der Waals surface area (Å²) in [5.41, 5.74) is 0.404. The number of benzene rings is 1. The number of urea groups is 1. The lowest BCUT2D eigenvalue weighted by atomic mass is 9.95. The number of rotatable bonds is 3. The van der Waals surface area contributed by atoms with Crippen LogP contribution in [0, 0.1) is 11.8 Å². The van der Waals surface area contributed by atoms with Crippen molar-refractivity contribution in [1.82, 2.24) is 4.90 Å². The lowest BCUT2D eigenvalue weighted by Gasteiger charge is -2.19. The van der Waals surface area contributed by atoms with Crippen LogP contribution in [0.25, 0.3) is 0 Å². The second-order valence-corrected chi connectivity index (χ2v) is 6.58. The Bertz CT molecular complexity index is 560. The van der Waals surface area contributed by atoms with Crippen molar-refractivity contribution >= 4 is 33.6 Å². The SMILES string of the molecule is CC(C)C1CCN(C(=O)Nc2cc(Br)ccc2C(=O)O)C1. The van der Waals surface area contributed by atoms with Crippen molar-refractivity contribution < 1.29 is 14.7 Å². The third kappa shape index (κ3) is 3.75. The molecule has 21 heavy (non-hydrogen) atoms. The predicted octanol–water partition coefficient (Wildman–Crippen LogP) is 3.66. The molecule has 0 aliphatic carbocycles. The minimum absolute atomic E-state index is 0.0890. The van der Waals surface area contributed by atoms with Gasteiger partial charge in [0, 0.05) is 17.6 Å². The minimum Gasteiger partial charge on any atom is -0.478 e. The van der Waals surface area contributed by atoms with Crippen LogP contribution >= 0.6 is 15.9 Å². The molecule has 1 aliphatic heterocycles. The van der Waals surface area contributed by atoms with Crippen LogP contribution in [0.2, 0.25) is 0 Å².